The Morgan fingerprint density at radius 3 is 2.62 bits per heavy atom. The van der Waals surface area contributed by atoms with Gasteiger partial charge in [0.15, 0.2) is 0 Å². The maximum Gasteiger partial charge on any atom is 0.266 e. The van der Waals surface area contributed by atoms with Crippen molar-refractivity contribution in [1.82, 2.24) is 19.9 Å². The van der Waals surface area contributed by atoms with Crippen LogP contribution in [-0.4, -0.2) is 44.0 Å². The quantitative estimate of drug-likeness (QED) is 0.457. The molecule has 9 nitrogen and oxygen atoms in total. The Morgan fingerprint density at radius 2 is 1.97 bits per heavy atom. The smallest absolute Gasteiger partial charge is 0.266 e. The van der Waals surface area contributed by atoms with Crippen molar-refractivity contribution in [3.63, 3.8) is 0 Å². The van der Waals surface area contributed by atoms with E-state index in [1.54, 1.807) is 19.9 Å². The van der Waals surface area contributed by atoms with Crippen molar-refractivity contribution in [2.75, 3.05) is 18.4 Å². The van der Waals surface area contributed by atoms with Crippen LogP contribution in [0.4, 0.5) is 19.0 Å². The number of fused-ring (bicyclic) bond motifs is 1. The number of carbonyl (C=O) groups excluding carboxylic acids is 1. The maximum atomic E-state index is 14.7. The standard InChI is InChI=1S/C25H25F3N6O3/c1-13(15-4-3-5-16(20(15)26)21(27)28)30-22-17-12-18(24(36)33-23(17)32-14(2)31-22)25(37)7-10-34(11-8-25)19(35)6-9-29/h3-5,12-13,21,37H,6-8,10-11H2,1-2H3,(H2,30,31,32,33,36)/t13-/m1/s1. The number of likely N-dealkylation sites (tertiary alicyclic amines) is 1. The number of benzene rings is 1. The van der Waals surface area contributed by atoms with Crippen LogP contribution in [0.3, 0.4) is 0 Å². The van der Waals surface area contributed by atoms with E-state index in [1.165, 1.54) is 23.1 Å². The van der Waals surface area contributed by atoms with Crippen LogP contribution in [0.25, 0.3) is 11.0 Å². The minimum absolute atomic E-state index is 0.0138. The predicted octanol–water partition coefficient (Wildman–Crippen LogP) is 3.60. The van der Waals surface area contributed by atoms with Gasteiger partial charge in [0, 0.05) is 24.2 Å². The summed E-state index contributed by atoms with van der Waals surface area (Å²) in [4.78, 5) is 37.7. The molecule has 3 N–H and O–H groups in total. The van der Waals surface area contributed by atoms with Gasteiger partial charge in [-0.2, -0.15) is 5.26 Å². The van der Waals surface area contributed by atoms with Crippen molar-refractivity contribution in [3.05, 3.63) is 63.0 Å². The van der Waals surface area contributed by atoms with Crippen LogP contribution < -0.4 is 10.9 Å². The van der Waals surface area contributed by atoms with Gasteiger partial charge in [0.05, 0.1) is 28.7 Å². The number of anilines is 1. The topological polar surface area (TPSA) is 135 Å². The lowest BCUT2D eigenvalue weighted by atomic mass is 9.84. The first-order valence-electron chi connectivity index (χ1n) is 11.7. The van der Waals surface area contributed by atoms with E-state index in [-0.39, 0.29) is 60.9 Å². The van der Waals surface area contributed by atoms with Gasteiger partial charge in [-0.3, -0.25) is 9.59 Å². The van der Waals surface area contributed by atoms with Crippen LogP contribution in [0.1, 0.15) is 61.2 Å². The lowest BCUT2D eigenvalue weighted by Gasteiger charge is -2.37. The van der Waals surface area contributed by atoms with Crippen molar-refractivity contribution in [2.24, 2.45) is 0 Å². The number of nitrogens with zero attached hydrogens (tertiary/aromatic N) is 4. The molecule has 1 amide bonds. The van der Waals surface area contributed by atoms with Crippen molar-refractivity contribution in [1.29, 1.82) is 5.26 Å². The highest BCUT2D eigenvalue weighted by Crippen LogP contribution is 2.34. The average Bonchev–Trinajstić information content (AvgIpc) is 2.83. The molecular weight excluding hydrogens is 489 g/mol. The molecule has 0 aliphatic carbocycles. The number of aryl methyl sites for hydroxylation is 1. The number of nitrogens with one attached hydrogen (secondary N) is 2. The third-order valence-corrected chi connectivity index (χ3v) is 6.61. The molecule has 0 radical (unpaired) electrons. The number of hydrogen-bond acceptors (Lipinski definition) is 7. The number of aromatic amines is 1. The van der Waals surface area contributed by atoms with E-state index in [4.69, 9.17) is 5.26 Å². The summed E-state index contributed by atoms with van der Waals surface area (Å²) in [7, 11) is 0. The molecule has 1 aromatic carbocycles. The number of nitriles is 1. The molecule has 1 aliphatic heterocycles. The number of hydrogen-bond donors (Lipinski definition) is 3. The minimum atomic E-state index is -2.97. The summed E-state index contributed by atoms with van der Waals surface area (Å²) in [6.45, 7) is 3.52. The second-order valence-corrected chi connectivity index (χ2v) is 9.06. The number of halogens is 3. The zero-order valence-corrected chi connectivity index (χ0v) is 20.2. The van der Waals surface area contributed by atoms with Gasteiger partial charge >= 0.3 is 0 Å². The molecule has 0 bridgehead atoms. The Hall–Kier alpha value is -3.98. The Labute approximate surface area is 210 Å². The molecule has 1 fully saturated rings. The summed E-state index contributed by atoms with van der Waals surface area (Å²) >= 11 is 0. The molecule has 0 spiro atoms. The van der Waals surface area contributed by atoms with Gasteiger partial charge in [-0.15, -0.1) is 0 Å². The van der Waals surface area contributed by atoms with Crippen molar-refractivity contribution in [2.45, 2.75) is 51.2 Å². The van der Waals surface area contributed by atoms with Crippen LogP contribution in [0.2, 0.25) is 0 Å². The monoisotopic (exact) mass is 514 g/mol. The fourth-order valence-corrected chi connectivity index (χ4v) is 4.58. The number of amides is 1. The molecule has 3 heterocycles. The predicted molar refractivity (Wildman–Crippen MR) is 128 cm³/mol. The summed E-state index contributed by atoms with van der Waals surface area (Å²) in [5.41, 5.74) is -2.55. The molecule has 37 heavy (non-hydrogen) atoms. The third kappa shape index (κ3) is 5.13. The molecule has 194 valence electrons. The summed E-state index contributed by atoms with van der Waals surface area (Å²) in [6, 6.07) is 6.26. The van der Waals surface area contributed by atoms with E-state index in [2.05, 4.69) is 20.3 Å². The highest BCUT2D eigenvalue weighted by atomic mass is 19.3. The zero-order chi connectivity index (χ0) is 26.9. The molecule has 2 aromatic heterocycles. The Kier molecular flexibility index (Phi) is 7.18. The molecule has 4 rings (SSSR count). The lowest BCUT2D eigenvalue weighted by Crippen LogP contribution is -2.47. The molecule has 0 saturated carbocycles. The molecule has 3 aromatic rings. The van der Waals surface area contributed by atoms with E-state index in [9.17, 15) is 27.9 Å². The van der Waals surface area contributed by atoms with Crippen LogP contribution in [0.5, 0.6) is 0 Å². The number of carbonyl (C=O) groups is 1. The number of H-pyrrole nitrogens is 1. The second-order valence-electron chi connectivity index (χ2n) is 9.06. The van der Waals surface area contributed by atoms with Gasteiger partial charge in [0.25, 0.3) is 12.0 Å². The highest BCUT2D eigenvalue weighted by molar-refractivity contribution is 5.87. The van der Waals surface area contributed by atoms with Gasteiger partial charge in [-0.1, -0.05) is 18.2 Å². The number of rotatable bonds is 6. The second kappa shape index (κ2) is 10.2. The van der Waals surface area contributed by atoms with Gasteiger partial charge in [0.1, 0.15) is 29.5 Å². The first-order valence-corrected chi connectivity index (χ1v) is 11.7. The fourth-order valence-electron chi connectivity index (χ4n) is 4.58. The average molecular weight is 515 g/mol. The molecule has 1 saturated heterocycles. The van der Waals surface area contributed by atoms with Crippen LogP contribution in [0, 0.1) is 24.1 Å². The fraction of sp³-hybridized carbons (Fsp3) is 0.400. The number of pyridine rings is 1. The van der Waals surface area contributed by atoms with Gasteiger partial charge in [-0.05, 0) is 32.8 Å². The van der Waals surface area contributed by atoms with E-state index < -0.39 is 35.0 Å². The summed E-state index contributed by atoms with van der Waals surface area (Å²) in [6.07, 6.45) is -3.07. The molecule has 1 aliphatic rings. The number of alkyl halides is 2. The van der Waals surface area contributed by atoms with Crippen molar-refractivity contribution < 1.29 is 23.1 Å². The minimum Gasteiger partial charge on any atom is -0.385 e. The highest BCUT2D eigenvalue weighted by Gasteiger charge is 2.38. The Bertz CT molecular complexity index is 1440. The lowest BCUT2D eigenvalue weighted by molar-refractivity contribution is -0.134. The summed E-state index contributed by atoms with van der Waals surface area (Å²) in [5.74, 6) is -0.840. The zero-order valence-electron chi connectivity index (χ0n) is 20.2. The van der Waals surface area contributed by atoms with Crippen LogP contribution in [-0.2, 0) is 10.4 Å². The number of piperidine rings is 1. The largest absolute Gasteiger partial charge is 0.385 e. The normalized spacial score (nSPS) is 16.0. The molecule has 0 unspecified atom stereocenters. The van der Waals surface area contributed by atoms with Gasteiger partial charge in [-0.25, -0.2) is 23.1 Å². The van der Waals surface area contributed by atoms with Crippen molar-refractivity contribution in [3.8, 4) is 6.07 Å². The van der Waals surface area contributed by atoms with Gasteiger partial charge < -0.3 is 20.3 Å². The van der Waals surface area contributed by atoms with E-state index in [0.717, 1.165) is 6.07 Å². The van der Waals surface area contributed by atoms with Gasteiger partial charge in [0.2, 0.25) is 5.91 Å². The maximum absolute atomic E-state index is 14.7. The first kappa shape index (κ1) is 26.1. The Morgan fingerprint density at radius 1 is 1.30 bits per heavy atom. The SMILES string of the molecule is Cc1nc(N[C@H](C)c2cccc(C(F)F)c2F)c2cc(C3(O)CCN(C(=O)CC#N)CC3)c(=O)[nH]c2n1. The summed E-state index contributed by atoms with van der Waals surface area (Å²) < 4.78 is 41.1. The Balaban J connectivity index is 1.70. The summed E-state index contributed by atoms with van der Waals surface area (Å²) in [5, 5.41) is 23.5. The van der Waals surface area contributed by atoms with Crippen LogP contribution >= 0.6 is 0 Å². The molecular formula is C25H25F3N6O3. The van der Waals surface area contributed by atoms with E-state index in [1.807, 2.05) is 0 Å². The molecule has 12 heteroatoms. The van der Waals surface area contributed by atoms with Crippen molar-refractivity contribution >= 4 is 22.8 Å². The van der Waals surface area contributed by atoms with Crippen LogP contribution in [0.15, 0.2) is 29.1 Å². The third-order valence-electron chi connectivity index (χ3n) is 6.61. The number of aliphatic hydroxyl groups is 1. The van der Waals surface area contributed by atoms with E-state index >= 15 is 0 Å². The molecule has 1 atom stereocenters. The first-order chi connectivity index (χ1) is 17.5. The number of aromatic nitrogens is 3. The van der Waals surface area contributed by atoms with E-state index in [0.29, 0.717) is 11.2 Å².